The van der Waals surface area contributed by atoms with Gasteiger partial charge in [0, 0.05) is 18.7 Å². The van der Waals surface area contributed by atoms with Crippen molar-refractivity contribution >= 4 is 17.2 Å². The van der Waals surface area contributed by atoms with Crippen LogP contribution in [0.2, 0.25) is 0 Å². The Bertz CT molecular complexity index is 445. The second kappa shape index (κ2) is 10.4. The van der Waals surface area contributed by atoms with Crippen molar-refractivity contribution in [2.24, 2.45) is 5.73 Å². The van der Waals surface area contributed by atoms with Crippen molar-refractivity contribution in [3.8, 4) is 5.75 Å². The van der Waals surface area contributed by atoms with Gasteiger partial charge in [0.25, 0.3) is 0 Å². The van der Waals surface area contributed by atoms with Gasteiger partial charge in [-0.15, -0.1) is 0 Å². The van der Waals surface area contributed by atoms with Crippen LogP contribution in [0.5, 0.6) is 5.75 Å². The molecule has 2 N–H and O–H groups in total. The predicted molar refractivity (Wildman–Crippen MR) is 81.3 cm³/mol. The molecule has 0 spiro atoms. The first kappa shape index (κ1) is 17.8. The Morgan fingerprint density at radius 3 is 2.29 bits per heavy atom. The highest BCUT2D eigenvalue weighted by molar-refractivity contribution is 7.80. The summed E-state index contributed by atoms with van der Waals surface area (Å²) in [5.74, 6) is -0.0834. The van der Waals surface area contributed by atoms with Gasteiger partial charge >= 0.3 is 0 Å². The number of hydrogen-bond acceptors (Lipinski definition) is 5. The van der Waals surface area contributed by atoms with Crippen molar-refractivity contribution in [1.29, 1.82) is 0 Å². The van der Waals surface area contributed by atoms with E-state index in [-0.39, 0.29) is 10.6 Å². The molecular weight excluding hydrogens is 297 g/mol. The summed E-state index contributed by atoms with van der Waals surface area (Å²) in [5.41, 5.74) is 5.58. The van der Waals surface area contributed by atoms with E-state index in [1.807, 2.05) is 0 Å². The van der Waals surface area contributed by atoms with E-state index >= 15 is 0 Å². The zero-order valence-corrected chi connectivity index (χ0v) is 12.8. The lowest BCUT2D eigenvalue weighted by atomic mass is 10.2. The van der Waals surface area contributed by atoms with Gasteiger partial charge in [-0.1, -0.05) is 12.2 Å². The maximum absolute atomic E-state index is 13.6. The Morgan fingerprint density at radius 2 is 1.71 bits per heavy atom. The molecule has 0 aromatic heterocycles. The highest BCUT2D eigenvalue weighted by Gasteiger charge is 2.06. The maximum Gasteiger partial charge on any atom is 0.137 e. The summed E-state index contributed by atoms with van der Waals surface area (Å²) in [5, 5.41) is 0. The minimum atomic E-state index is -0.493. The van der Waals surface area contributed by atoms with Gasteiger partial charge in [-0.2, -0.15) is 0 Å². The van der Waals surface area contributed by atoms with Gasteiger partial charge in [0.1, 0.15) is 23.2 Å². The topological polar surface area (TPSA) is 62.9 Å². The van der Waals surface area contributed by atoms with E-state index in [1.54, 1.807) is 13.2 Å². The number of methoxy groups -OCH3 is 1. The minimum Gasteiger partial charge on any atom is -0.491 e. The molecule has 0 unspecified atom stereocenters. The third kappa shape index (κ3) is 7.33. The summed E-state index contributed by atoms with van der Waals surface area (Å²) in [6.45, 7) is 2.81. The predicted octanol–water partition coefficient (Wildman–Crippen LogP) is 1.52. The summed E-state index contributed by atoms with van der Waals surface area (Å²) in [7, 11) is 1.62. The molecule has 0 aliphatic carbocycles. The molecule has 118 valence electrons. The van der Waals surface area contributed by atoms with Crippen molar-refractivity contribution in [3.63, 3.8) is 0 Å². The van der Waals surface area contributed by atoms with Crippen LogP contribution in [0.4, 0.5) is 4.39 Å². The fourth-order valence-corrected chi connectivity index (χ4v) is 1.63. The van der Waals surface area contributed by atoms with Gasteiger partial charge in [-0.05, 0) is 12.1 Å². The molecule has 7 heteroatoms. The summed E-state index contributed by atoms with van der Waals surface area (Å²) >= 11 is 4.72. The molecule has 1 aromatic rings. The molecule has 0 heterocycles. The number of ether oxygens (including phenoxy) is 4. The van der Waals surface area contributed by atoms with E-state index in [9.17, 15) is 4.39 Å². The summed E-state index contributed by atoms with van der Waals surface area (Å²) < 4.78 is 34.3. The van der Waals surface area contributed by atoms with E-state index in [1.165, 1.54) is 12.1 Å². The first-order valence-corrected chi connectivity index (χ1v) is 6.92. The quantitative estimate of drug-likeness (QED) is 0.493. The van der Waals surface area contributed by atoms with Crippen molar-refractivity contribution in [3.05, 3.63) is 29.6 Å². The van der Waals surface area contributed by atoms with Gasteiger partial charge in [0.05, 0.1) is 33.0 Å². The van der Waals surface area contributed by atoms with Crippen LogP contribution in [0.1, 0.15) is 5.56 Å². The summed E-state index contributed by atoms with van der Waals surface area (Å²) in [6.07, 6.45) is 0. The number of hydrogen-bond donors (Lipinski definition) is 1. The highest BCUT2D eigenvalue weighted by Crippen LogP contribution is 2.16. The molecule has 0 atom stereocenters. The molecule has 0 bridgehead atoms. The number of halogens is 1. The average Bonchev–Trinajstić information content (AvgIpc) is 2.45. The fraction of sp³-hybridized carbons (Fsp3) is 0.500. The van der Waals surface area contributed by atoms with Gasteiger partial charge in [-0.25, -0.2) is 4.39 Å². The van der Waals surface area contributed by atoms with E-state index in [0.29, 0.717) is 45.4 Å². The first-order chi connectivity index (χ1) is 10.1. The monoisotopic (exact) mass is 317 g/mol. The maximum atomic E-state index is 13.6. The van der Waals surface area contributed by atoms with Crippen molar-refractivity contribution in [1.82, 2.24) is 0 Å². The van der Waals surface area contributed by atoms with Crippen LogP contribution >= 0.6 is 12.2 Å². The van der Waals surface area contributed by atoms with Crippen LogP contribution in [0.15, 0.2) is 18.2 Å². The minimum absolute atomic E-state index is 0.0239. The average molecular weight is 317 g/mol. The van der Waals surface area contributed by atoms with Gasteiger partial charge in [0.2, 0.25) is 0 Å². The van der Waals surface area contributed by atoms with Crippen LogP contribution < -0.4 is 10.5 Å². The SMILES string of the molecule is COCCOCCOCCOc1ccc(C(N)=S)c(F)c1. The second-order valence-corrected chi connectivity index (χ2v) is 4.51. The Hall–Kier alpha value is -1.28. The lowest BCUT2D eigenvalue weighted by molar-refractivity contribution is 0.0179. The molecule has 1 aromatic carbocycles. The van der Waals surface area contributed by atoms with Crippen molar-refractivity contribution < 1.29 is 23.3 Å². The zero-order valence-electron chi connectivity index (χ0n) is 12.0. The highest BCUT2D eigenvalue weighted by atomic mass is 32.1. The zero-order chi connectivity index (χ0) is 15.5. The number of rotatable bonds is 11. The number of nitrogens with two attached hydrogens (primary N) is 1. The molecule has 0 amide bonds. The van der Waals surface area contributed by atoms with E-state index in [0.717, 1.165) is 0 Å². The third-order valence-corrected chi connectivity index (χ3v) is 2.73. The van der Waals surface area contributed by atoms with Gasteiger partial charge < -0.3 is 24.7 Å². The normalized spacial score (nSPS) is 10.6. The van der Waals surface area contributed by atoms with E-state index < -0.39 is 5.82 Å². The van der Waals surface area contributed by atoms with Gasteiger partial charge in [-0.3, -0.25) is 0 Å². The Morgan fingerprint density at radius 1 is 1.10 bits per heavy atom. The van der Waals surface area contributed by atoms with Crippen molar-refractivity contribution in [2.45, 2.75) is 0 Å². The van der Waals surface area contributed by atoms with Crippen LogP contribution in [0, 0.1) is 5.82 Å². The molecule has 1 rings (SSSR count). The molecule has 5 nitrogen and oxygen atoms in total. The molecule has 0 aliphatic heterocycles. The third-order valence-electron chi connectivity index (χ3n) is 2.51. The number of thiocarbonyl (C=S) groups is 1. The van der Waals surface area contributed by atoms with E-state index in [2.05, 4.69) is 0 Å². The lowest BCUT2D eigenvalue weighted by Gasteiger charge is -2.09. The second-order valence-electron chi connectivity index (χ2n) is 4.07. The lowest BCUT2D eigenvalue weighted by Crippen LogP contribution is -2.13. The Balaban J connectivity index is 2.13. The number of benzene rings is 1. The van der Waals surface area contributed by atoms with E-state index in [4.69, 9.17) is 36.9 Å². The van der Waals surface area contributed by atoms with Crippen LogP contribution in [-0.4, -0.2) is 51.7 Å². The van der Waals surface area contributed by atoms with Gasteiger partial charge in [0.15, 0.2) is 0 Å². The van der Waals surface area contributed by atoms with Crippen LogP contribution in [0.3, 0.4) is 0 Å². The summed E-state index contributed by atoms with van der Waals surface area (Å²) in [4.78, 5) is 0.0239. The molecule has 0 radical (unpaired) electrons. The van der Waals surface area contributed by atoms with Crippen LogP contribution in [-0.2, 0) is 14.2 Å². The Labute approximate surface area is 129 Å². The molecular formula is C14H20FNO4S. The molecule has 0 aliphatic rings. The standard InChI is InChI=1S/C14H20FNO4S/c1-17-4-5-18-6-7-19-8-9-20-11-2-3-12(14(16)21)13(15)10-11/h2-3,10H,4-9H2,1H3,(H2,16,21). The molecule has 21 heavy (non-hydrogen) atoms. The first-order valence-electron chi connectivity index (χ1n) is 6.51. The van der Waals surface area contributed by atoms with Crippen LogP contribution in [0.25, 0.3) is 0 Å². The summed E-state index contributed by atoms with van der Waals surface area (Å²) in [6, 6.07) is 4.37. The largest absolute Gasteiger partial charge is 0.491 e. The van der Waals surface area contributed by atoms with Crippen molar-refractivity contribution in [2.75, 3.05) is 46.8 Å². The Kier molecular flexibility index (Phi) is 8.84. The molecule has 0 fully saturated rings. The fourth-order valence-electron chi connectivity index (χ4n) is 1.47. The molecule has 0 saturated carbocycles. The molecule has 0 saturated heterocycles. The smallest absolute Gasteiger partial charge is 0.137 e.